The van der Waals surface area contributed by atoms with Crippen LogP contribution in [0.5, 0.6) is 0 Å². The Hall–Kier alpha value is -1.10. The minimum absolute atomic E-state index is 0.421. The summed E-state index contributed by atoms with van der Waals surface area (Å²) in [5, 5.41) is 8.07. The van der Waals surface area contributed by atoms with Gasteiger partial charge in [-0.05, 0) is 0 Å². The smallest absolute Gasteiger partial charge is 0.321 e. The van der Waals surface area contributed by atoms with Gasteiger partial charge in [0.2, 0.25) is 5.91 Å². The Balaban J connectivity index is 3.63. The third-order valence-electron chi connectivity index (χ3n) is 0.723. The maximum absolute atomic E-state index is 9.88. The lowest BCUT2D eigenvalue weighted by molar-refractivity contribution is -0.140. The number of rotatable bonds is 3. The van der Waals surface area contributed by atoms with Gasteiger partial charge in [-0.3, -0.25) is 15.3 Å². The molecule has 0 aromatic rings. The van der Waals surface area contributed by atoms with Gasteiger partial charge in [-0.1, -0.05) is 0 Å². The summed E-state index contributed by atoms with van der Waals surface area (Å²) >= 11 is 0. The van der Waals surface area contributed by atoms with Crippen LogP contribution in [-0.4, -0.2) is 23.0 Å². The molecule has 0 saturated heterocycles. The highest BCUT2D eigenvalue weighted by Gasteiger charge is 2.13. The summed E-state index contributed by atoms with van der Waals surface area (Å²) in [6.07, 6.45) is -0.421. The fraction of sp³-hybridized carbons (Fsp3) is 0.500. The van der Waals surface area contributed by atoms with Gasteiger partial charge >= 0.3 is 5.97 Å². The Kier molecular flexibility index (Phi) is 2.66. The summed E-state index contributed by atoms with van der Waals surface area (Å²) in [7, 11) is 0. The van der Waals surface area contributed by atoms with Crippen LogP contribution in [0.3, 0.4) is 0 Å². The van der Waals surface area contributed by atoms with E-state index in [0.717, 1.165) is 0 Å². The average Bonchev–Trinajstić information content (AvgIpc) is 1.63. The highest BCUT2D eigenvalue weighted by Crippen LogP contribution is 1.85. The van der Waals surface area contributed by atoms with E-state index in [-0.39, 0.29) is 0 Å². The number of nitrogens with one attached hydrogen (secondary N) is 1. The molecule has 9 heavy (non-hydrogen) atoms. The number of carbonyl (C=O) groups excluding carboxylic acids is 1. The molecule has 0 fully saturated rings. The van der Waals surface area contributed by atoms with Crippen LogP contribution in [0.15, 0.2) is 0 Å². The first-order chi connectivity index (χ1) is 4.04. The van der Waals surface area contributed by atoms with E-state index in [9.17, 15) is 9.59 Å². The summed E-state index contributed by atoms with van der Waals surface area (Å²) in [6, 6.07) is -1.23. The van der Waals surface area contributed by atoms with Crippen molar-refractivity contribution in [2.24, 2.45) is 5.73 Å². The van der Waals surface area contributed by atoms with Crippen molar-refractivity contribution >= 4 is 11.9 Å². The summed E-state index contributed by atoms with van der Waals surface area (Å²) in [5.74, 6) is -2.21. The summed E-state index contributed by atoms with van der Waals surface area (Å²) in [4.78, 5) is 19.8. The largest absolute Gasteiger partial charge is 0.480 e. The van der Waals surface area contributed by atoms with Crippen LogP contribution in [-0.2, 0) is 9.59 Å². The first-order valence-electron chi connectivity index (χ1n) is 2.27. The lowest BCUT2D eigenvalue weighted by Crippen LogP contribution is -2.32. The Morgan fingerprint density at radius 2 is 2.11 bits per heavy atom. The SMILES string of the molecule is [NH]C(=O)C[C@H](N)C(=O)O. The van der Waals surface area contributed by atoms with Crippen molar-refractivity contribution in [3.8, 4) is 0 Å². The van der Waals surface area contributed by atoms with E-state index < -0.39 is 24.3 Å². The number of carboxylic acid groups (broad SMARTS) is 1. The van der Waals surface area contributed by atoms with Crippen LogP contribution in [0.2, 0.25) is 0 Å². The second-order valence-corrected chi connectivity index (χ2v) is 1.57. The van der Waals surface area contributed by atoms with Gasteiger partial charge in [-0.15, -0.1) is 0 Å². The third kappa shape index (κ3) is 3.48. The zero-order valence-corrected chi connectivity index (χ0v) is 4.63. The van der Waals surface area contributed by atoms with Gasteiger partial charge in [-0.2, -0.15) is 0 Å². The van der Waals surface area contributed by atoms with Gasteiger partial charge in [0.05, 0.1) is 6.42 Å². The van der Waals surface area contributed by atoms with E-state index in [1.807, 2.05) is 0 Å². The normalized spacial score (nSPS) is 12.6. The number of aliphatic carboxylic acids is 1. The van der Waals surface area contributed by atoms with E-state index >= 15 is 0 Å². The minimum Gasteiger partial charge on any atom is -0.480 e. The molecule has 0 unspecified atom stereocenters. The second-order valence-electron chi connectivity index (χ2n) is 1.57. The molecule has 5 heteroatoms. The van der Waals surface area contributed by atoms with Crippen LogP contribution in [0, 0.1) is 0 Å². The first kappa shape index (κ1) is 7.90. The van der Waals surface area contributed by atoms with Crippen molar-refractivity contribution < 1.29 is 14.7 Å². The van der Waals surface area contributed by atoms with E-state index in [1.165, 1.54) is 0 Å². The van der Waals surface area contributed by atoms with Crippen molar-refractivity contribution in [2.45, 2.75) is 12.5 Å². The van der Waals surface area contributed by atoms with Crippen LogP contribution in [0.4, 0.5) is 0 Å². The summed E-state index contributed by atoms with van der Waals surface area (Å²) in [5.41, 5.74) is 11.2. The van der Waals surface area contributed by atoms with Gasteiger partial charge in [0.15, 0.2) is 0 Å². The molecule has 51 valence electrons. The number of carboxylic acids is 1. The van der Waals surface area contributed by atoms with E-state index in [4.69, 9.17) is 16.6 Å². The number of nitrogens with two attached hydrogens (primary N) is 1. The Morgan fingerprint density at radius 1 is 1.67 bits per heavy atom. The maximum atomic E-state index is 9.88. The fourth-order valence-electron chi connectivity index (χ4n) is 0.287. The number of carbonyl (C=O) groups is 2. The van der Waals surface area contributed by atoms with Gasteiger partial charge < -0.3 is 10.8 Å². The molecule has 0 aliphatic heterocycles. The molecule has 1 atom stereocenters. The minimum atomic E-state index is -1.25. The Bertz CT molecular complexity index is 134. The molecule has 4 N–H and O–H groups in total. The molecule has 0 aromatic carbocycles. The van der Waals surface area contributed by atoms with Crippen LogP contribution < -0.4 is 11.5 Å². The fourth-order valence-corrected chi connectivity index (χ4v) is 0.287. The molecule has 0 saturated carbocycles. The molecule has 1 amide bonds. The molecule has 1 radical (unpaired) electrons. The van der Waals surface area contributed by atoms with Crippen molar-refractivity contribution in [3.63, 3.8) is 0 Å². The monoisotopic (exact) mass is 131 g/mol. The second kappa shape index (κ2) is 3.03. The number of amides is 1. The molecule has 0 bridgehead atoms. The molecule has 0 aliphatic carbocycles. The van der Waals surface area contributed by atoms with E-state index in [1.54, 1.807) is 0 Å². The van der Waals surface area contributed by atoms with Gasteiger partial charge in [0, 0.05) is 0 Å². The van der Waals surface area contributed by atoms with Crippen molar-refractivity contribution in [2.75, 3.05) is 0 Å². The third-order valence-corrected chi connectivity index (χ3v) is 0.723. The summed E-state index contributed by atoms with van der Waals surface area (Å²) in [6.45, 7) is 0. The van der Waals surface area contributed by atoms with Crippen LogP contribution in [0.1, 0.15) is 6.42 Å². The Labute approximate surface area is 51.6 Å². The van der Waals surface area contributed by atoms with Crippen LogP contribution >= 0.6 is 0 Å². The Morgan fingerprint density at radius 3 is 2.22 bits per heavy atom. The molecular formula is C4H7N2O3. The van der Waals surface area contributed by atoms with E-state index in [0.29, 0.717) is 0 Å². The molecule has 0 spiro atoms. The quantitative estimate of drug-likeness (QED) is 0.491. The van der Waals surface area contributed by atoms with E-state index in [2.05, 4.69) is 0 Å². The van der Waals surface area contributed by atoms with Crippen molar-refractivity contribution in [1.82, 2.24) is 5.73 Å². The molecule has 0 aliphatic rings. The lowest BCUT2D eigenvalue weighted by atomic mass is 10.2. The number of hydrogen-bond acceptors (Lipinski definition) is 3. The van der Waals surface area contributed by atoms with Gasteiger partial charge in [0.25, 0.3) is 0 Å². The molecule has 5 nitrogen and oxygen atoms in total. The predicted octanol–water partition coefficient (Wildman–Crippen LogP) is -1.40. The highest BCUT2D eigenvalue weighted by molar-refractivity contribution is 5.82. The average molecular weight is 131 g/mol. The lowest BCUT2D eigenvalue weighted by Gasteiger charge is -1.99. The molecule has 0 heterocycles. The van der Waals surface area contributed by atoms with Crippen molar-refractivity contribution in [3.05, 3.63) is 0 Å². The molecular weight excluding hydrogens is 124 g/mol. The standard InChI is InChI=1S/C4H7N2O3/c5-2(4(8)9)1-3(6)7/h2,6H,1,5H2,(H,8,9)/t2-/m0/s1. The van der Waals surface area contributed by atoms with Crippen molar-refractivity contribution in [1.29, 1.82) is 0 Å². The summed E-state index contributed by atoms with van der Waals surface area (Å²) < 4.78 is 0. The maximum Gasteiger partial charge on any atom is 0.321 e. The molecule has 0 rings (SSSR count). The van der Waals surface area contributed by atoms with Gasteiger partial charge in [0.1, 0.15) is 6.04 Å². The highest BCUT2D eigenvalue weighted by atomic mass is 16.4. The van der Waals surface area contributed by atoms with Gasteiger partial charge in [-0.25, -0.2) is 0 Å². The first-order valence-corrected chi connectivity index (χ1v) is 2.27. The topological polar surface area (TPSA) is 104 Å². The predicted molar refractivity (Wildman–Crippen MR) is 28.3 cm³/mol. The zero-order valence-electron chi connectivity index (χ0n) is 4.63. The number of hydrogen-bond donors (Lipinski definition) is 2. The van der Waals surface area contributed by atoms with Crippen LogP contribution in [0.25, 0.3) is 0 Å². The zero-order chi connectivity index (χ0) is 7.44. The molecule has 0 aromatic heterocycles.